The summed E-state index contributed by atoms with van der Waals surface area (Å²) >= 11 is 4.95. The Kier molecular flexibility index (Phi) is 4.61. The molecule has 3 rings (SSSR count). The third kappa shape index (κ3) is 3.16. The lowest BCUT2D eigenvalue weighted by atomic mass is 10.2. The highest BCUT2D eigenvalue weighted by atomic mass is 79.9. The van der Waals surface area contributed by atoms with Gasteiger partial charge in [0.25, 0.3) is 11.5 Å². The van der Waals surface area contributed by atoms with Crippen LogP contribution in [0.2, 0.25) is 0 Å². The zero-order valence-electron chi connectivity index (χ0n) is 13.8. The van der Waals surface area contributed by atoms with Crippen LogP contribution in [0.25, 0.3) is 11.0 Å². The first-order valence-electron chi connectivity index (χ1n) is 7.35. The van der Waals surface area contributed by atoms with E-state index < -0.39 is 11.2 Å². The molecule has 0 N–H and O–H groups in total. The van der Waals surface area contributed by atoms with E-state index in [1.54, 1.807) is 30.3 Å². The van der Waals surface area contributed by atoms with Gasteiger partial charge in [-0.25, -0.2) is 9.78 Å². The summed E-state index contributed by atoms with van der Waals surface area (Å²) in [4.78, 5) is 43.7. The zero-order valence-corrected chi connectivity index (χ0v) is 16.2. The van der Waals surface area contributed by atoms with E-state index in [9.17, 15) is 14.4 Å². The van der Waals surface area contributed by atoms with Crippen molar-refractivity contribution in [3.8, 4) is 0 Å². The Hall–Kier alpha value is -2.26. The summed E-state index contributed by atoms with van der Waals surface area (Å²) in [6.45, 7) is 0.457. The van der Waals surface area contributed by atoms with Gasteiger partial charge < -0.3 is 4.90 Å². The van der Waals surface area contributed by atoms with Crippen LogP contribution in [0.3, 0.4) is 0 Å². The second kappa shape index (κ2) is 6.57. The van der Waals surface area contributed by atoms with Gasteiger partial charge in [0.05, 0.1) is 21.3 Å². The second-order valence-corrected chi connectivity index (χ2v) is 8.22. The van der Waals surface area contributed by atoms with Crippen molar-refractivity contribution in [1.29, 1.82) is 0 Å². The van der Waals surface area contributed by atoms with Crippen molar-refractivity contribution < 1.29 is 4.79 Å². The molecule has 25 heavy (non-hydrogen) atoms. The molecule has 0 unspecified atom stereocenters. The van der Waals surface area contributed by atoms with E-state index in [2.05, 4.69) is 20.9 Å². The second-order valence-electron chi connectivity index (χ2n) is 5.67. The normalized spacial score (nSPS) is 11.0. The van der Waals surface area contributed by atoms with Gasteiger partial charge in [0.2, 0.25) is 0 Å². The first-order chi connectivity index (χ1) is 11.8. The molecule has 7 nitrogen and oxygen atoms in total. The summed E-state index contributed by atoms with van der Waals surface area (Å²) in [6.07, 6.45) is 1.39. The van der Waals surface area contributed by atoms with Gasteiger partial charge in [-0.2, -0.15) is 0 Å². The smallest absolute Gasteiger partial charge is 0.332 e. The number of rotatable bonds is 3. The van der Waals surface area contributed by atoms with Crippen molar-refractivity contribution in [2.75, 3.05) is 7.05 Å². The molecule has 0 aliphatic heterocycles. The molecule has 3 aromatic rings. The molecule has 0 radical (unpaired) electrons. The highest BCUT2D eigenvalue weighted by Crippen LogP contribution is 2.23. The minimum atomic E-state index is -0.468. The Balaban J connectivity index is 2.00. The van der Waals surface area contributed by atoms with E-state index in [0.717, 1.165) is 13.2 Å². The van der Waals surface area contributed by atoms with Crippen molar-refractivity contribution in [1.82, 2.24) is 19.0 Å². The first kappa shape index (κ1) is 17.6. The van der Waals surface area contributed by atoms with E-state index in [1.807, 2.05) is 12.1 Å². The summed E-state index contributed by atoms with van der Waals surface area (Å²) in [7, 11) is 4.64. The van der Waals surface area contributed by atoms with Crippen LogP contribution in [0.15, 0.2) is 37.8 Å². The van der Waals surface area contributed by atoms with E-state index in [4.69, 9.17) is 0 Å². The molecule has 0 spiro atoms. The molecule has 0 aromatic carbocycles. The molecule has 0 saturated carbocycles. The van der Waals surface area contributed by atoms with E-state index in [0.29, 0.717) is 12.1 Å². The van der Waals surface area contributed by atoms with Crippen molar-refractivity contribution in [2.24, 2.45) is 14.1 Å². The molecule has 130 valence electrons. The molecule has 0 atom stereocenters. The Morgan fingerprint density at radius 1 is 1.28 bits per heavy atom. The Bertz CT molecular complexity index is 1100. The fourth-order valence-corrected chi connectivity index (χ4v) is 4.08. The Labute approximate surface area is 155 Å². The number of halogens is 1. The minimum Gasteiger partial charge on any atom is -0.337 e. The van der Waals surface area contributed by atoms with E-state index >= 15 is 0 Å². The largest absolute Gasteiger partial charge is 0.337 e. The molecule has 0 aliphatic rings. The van der Waals surface area contributed by atoms with E-state index in [1.165, 1.54) is 23.9 Å². The van der Waals surface area contributed by atoms with Gasteiger partial charge in [-0.3, -0.25) is 18.7 Å². The Morgan fingerprint density at radius 3 is 2.64 bits per heavy atom. The first-order valence-corrected chi connectivity index (χ1v) is 8.96. The lowest BCUT2D eigenvalue weighted by Gasteiger charge is -2.16. The third-order valence-corrected chi connectivity index (χ3v) is 5.52. The number of hydrogen-bond acceptors (Lipinski definition) is 5. The van der Waals surface area contributed by atoms with Crippen LogP contribution in [-0.4, -0.2) is 32.0 Å². The van der Waals surface area contributed by atoms with Crippen molar-refractivity contribution in [2.45, 2.75) is 6.54 Å². The van der Waals surface area contributed by atoms with Crippen LogP contribution in [0, 0.1) is 0 Å². The number of fused-ring (bicyclic) bond motifs is 1. The van der Waals surface area contributed by atoms with Crippen molar-refractivity contribution >= 4 is 44.2 Å². The number of thiophene rings is 1. The highest BCUT2D eigenvalue weighted by Gasteiger charge is 2.17. The van der Waals surface area contributed by atoms with Crippen LogP contribution in [0.4, 0.5) is 0 Å². The molecule has 0 aliphatic carbocycles. The average Bonchev–Trinajstić information content (AvgIpc) is 3.01. The summed E-state index contributed by atoms with van der Waals surface area (Å²) in [6, 6.07) is 5.37. The maximum Gasteiger partial charge on any atom is 0.332 e. The monoisotopic (exact) mass is 422 g/mol. The molecular formula is C16H15BrN4O3S. The predicted molar refractivity (Wildman–Crippen MR) is 100 cm³/mol. The summed E-state index contributed by atoms with van der Waals surface area (Å²) in [5, 5.41) is 0.239. The topological polar surface area (TPSA) is 77.2 Å². The van der Waals surface area contributed by atoms with Crippen LogP contribution >= 0.6 is 27.3 Å². The number of aromatic nitrogens is 3. The maximum atomic E-state index is 12.6. The molecule has 3 aromatic heterocycles. The van der Waals surface area contributed by atoms with Gasteiger partial charge in [0.1, 0.15) is 5.65 Å². The third-order valence-electron chi connectivity index (χ3n) is 3.91. The van der Waals surface area contributed by atoms with E-state index in [-0.39, 0.29) is 16.9 Å². The van der Waals surface area contributed by atoms with Gasteiger partial charge >= 0.3 is 5.69 Å². The van der Waals surface area contributed by atoms with Gasteiger partial charge in [0.15, 0.2) is 0 Å². The summed E-state index contributed by atoms with van der Waals surface area (Å²) in [5.74, 6) is -0.241. The van der Waals surface area contributed by atoms with Gasteiger partial charge in [-0.05, 0) is 34.1 Å². The lowest BCUT2D eigenvalue weighted by molar-refractivity contribution is 0.0786. The minimum absolute atomic E-state index is 0.239. The maximum absolute atomic E-state index is 12.6. The zero-order chi connectivity index (χ0) is 18.3. The van der Waals surface area contributed by atoms with Crippen LogP contribution in [0.1, 0.15) is 15.2 Å². The highest BCUT2D eigenvalue weighted by molar-refractivity contribution is 9.11. The Morgan fingerprint density at radius 2 is 2.00 bits per heavy atom. The SMILES string of the molecule is CN(Cc1ccc(Br)s1)C(=O)c1cnc2c(c1)c(=O)n(C)c(=O)n2C. The fourth-order valence-electron chi connectivity index (χ4n) is 2.54. The molecule has 0 fully saturated rings. The number of pyridine rings is 1. The van der Waals surface area contributed by atoms with Crippen molar-refractivity contribution in [3.05, 3.63) is 59.5 Å². The molecule has 1 amide bonds. The lowest BCUT2D eigenvalue weighted by Crippen LogP contribution is -2.37. The van der Waals surface area contributed by atoms with Crippen LogP contribution in [-0.2, 0) is 20.6 Å². The average molecular weight is 423 g/mol. The number of amides is 1. The summed E-state index contributed by atoms with van der Waals surface area (Å²) < 4.78 is 3.29. The predicted octanol–water partition coefficient (Wildman–Crippen LogP) is 1.73. The van der Waals surface area contributed by atoms with Crippen LogP contribution in [0.5, 0.6) is 0 Å². The number of nitrogens with zero attached hydrogens (tertiary/aromatic N) is 4. The van der Waals surface area contributed by atoms with Crippen molar-refractivity contribution in [3.63, 3.8) is 0 Å². The number of carbonyl (C=O) groups is 1. The molecule has 3 heterocycles. The van der Waals surface area contributed by atoms with Gasteiger partial charge in [-0.15, -0.1) is 11.3 Å². The fraction of sp³-hybridized carbons (Fsp3) is 0.250. The number of aryl methyl sites for hydroxylation is 1. The summed E-state index contributed by atoms with van der Waals surface area (Å²) in [5.41, 5.74) is -0.356. The molecule has 9 heteroatoms. The standard InChI is InChI=1S/C16H15BrN4O3S/c1-19(8-10-4-5-12(17)25-10)14(22)9-6-11-13(18-7-9)20(2)16(24)21(3)15(11)23/h4-7H,8H2,1-3H3. The van der Waals surface area contributed by atoms with Gasteiger partial charge in [-0.1, -0.05) is 0 Å². The molecule has 0 saturated heterocycles. The molecular weight excluding hydrogens is 408 g/mol. The van der Waals surface area contributed by atoms with Crippen LogP contribution < -0.4 is 11.2 Å². The number of carbonyl (C=O) groups excluding carboxylic acids is 1. The quantitative estimate of drug-likeness (QED) is 0.643. The van der Waals surface area contributed by atoms with Gasteiger partial charge in [0, 0.05) is 32.2 Å². The number of hydrogen-bond donors (Lipinski definition) is 0. The molecule has 0 bridgehead atoms.